The molecule has 1 unspecified atom stereocenters. The molecule has 0 N–H and O–H groups in total. The Morgan fingerprint density at radius 3 is 2.85 bits per heavy atom. The van der Waals surface area contributed by atoms with Gasteiger partial charge in [-0.3, -0.25) is 4.99 Å². The predicted molar refractivity (Wildman–Crippen MR) is 58.5 cm³/mol. The van der Waals surface area contributed by atoms with Crippen LogP contribution in [0.3, 0.4) is 0 Å². The van der Waals surface area contributed by atoms with Gasteiger partial charge in [0.2, 0.25) is 0 Å². The highest BCUT2D eigenvalue weighted by Crippen LogP contribution is 2.14. The Bertz CT molecular complexity index is 171. The van der Waals surface area contributed by atoms with Gasteiger partial charge in [-0.1, -0.05) is 6.92 Å². The molecule has 1 rings (SSSR count). The Kier molecular flexibility index (Phi) is 4.43. The molecule has 2 heteroatoms. The van der Waals surface area contributed by atoms with E-state index < -0.39 is 0 Å². The van der Waals surface area contributed by atoms with Crippen LogP contribution in [0, 0.1) is 5.92 Å². The largest absolute Gasteiger partial charge is 0.301 e. The zero-order valence-electron chi connectivity index (χ0n) is 9.21. The second-order valence-corrected chi connectivity index (χ2v) is 4.38. The van der Waals surface area contributed by atoms with Crippen LogP contribution in [0.15, 0.2) is 4.99 Å². The topological polar surface area (TPSA) is 15.6 Å². The second kappa shape index (κ2) is 5.38. The summed E-state index contributed by atoms with van der Waals surface area (Å²) in [5, 5.41) is 0. The summed E-state index contributed by atoms with van der Waals surface area (Å²) >= 11 is 0. The van der Waals surface area contributed by atoms with E-state index in [1.165, 1.54) is 31.6 Å². The lowest BCUT2D eigenvalue weighted by atomic mass is 10.0. The fourth-order valence-electron chi connectivity index (χ4n) is 1.90. The van der Waals surface area contributed by atoms with Crippen molar-refractivity contribution in [1.82, 2.24) is 4.90 Å². The van der Waals surface area contributed by atoms with Crippen molar-refractivity contribution in [2.24, 2.45) is 10.9 Å². The first kappa shape index (κ1) is 10.7. The van der Waals surface area contributed by atoms with Gasteiger partial charge < -0.3 is 4.90 Å². The molecular weight excluding hydrogens is 160 g/mol. The van der Waals surface area contributed by atoms with Crippen LogP contribution in [-0.2, 0) is 0 Å². The standard InChI is InChI=1S/C11H22N2/c1-10(2)12-6-8-13-7-4-5-11(3)9-13/h11H,4-9H2,1-3H3. The van der Waals surface area contributed by atoms with Crippen LogP contribution in [0.4, 0.5) is 0 Å². The summed E-state index contributed by atoms with van der Waals surface area (Å²) in [5.74, 6) is 0.889. The molecule has 2 nitrogen and oxygen atoms in total. The summed E-state index contributed by atoms with van der Waals surface area (Å²) in [4.78, 5) is 6.96. The Hall–Kier alpha value is -0.370. The Morgan fingerprint density at radius 1 is 1.46 bits per heavy atom. The van der Waals surface area contributed by atoms with E-state index in [0.29, 0.717) is 0 Å². The van der Waals surface area contributed by atoms with Crippen molar-refractivity contribution in [3.05, 3.63) is 0 Å². The number of likely N-dealkylation sites (tertiary alicyclic amines) is 1. The summed E-state index contributed by atoms with van der Waals surface area (Å²) < 4.78 is 0. The molecule has 13 heavy (non-hydrogen) atoms. The number of piperidine rings is 1. The van der Waals surface area contributed by atoms with E-state index >= 15 is 0 Å². The minimum absolute atomic E-state index is 0.889. The molecule has 1 saturated heterocycles. The SMILES string of the molecule is CC(C)=NCCN1CCCC(C)C1. The fourth-order valence-corrected chi connectivity index (χ4v) is 1.90. The third-order valence-corrected chi connectivity index (χ3v) is 2.59. The number of nitrogens with zero attached hydrogens (tertiary/aromatic N) is 2. The molecule has 1 aliphatic rings. The van der Waals surface area contributed by atoms with Gasteiger partial charge in [-0.2, -0.15) is 0 Å². The molecule has 76 valence electrons. The highest BCUT2D eigenvalue weighted by Gasteiger charge is 2.14. The highest BCUT2D eigenvalue weighted by atomic mass is 15.1. The summed E-state index contributed by atoms with van der Waals surface area (Å²) in [5.41, 5.74) is 1.20. The van der Waals surface area contributed by atoms with Crippen molar-refractivity contribution < 1.29 is 0 Å². The van der Waals surface area contributed by atoms with E-state index in [4.69, 9.17) is 0 Å². The molecule has 1 atom stereocenters. The highest BCUT2D eigenvalue weighted by molar-refractivity contribution is 5.79. The first-order valence-electron chi connectivity index (χ1n) is 5.38. The Labute approximate surface area is 82.0 Å². The smallest absolute Gasteiger partial charge is 0.0515 e. The van der Waals surface area contributed by atoms with Gasteiger partial charge in [-0.05, 0) is 39.2 Å². The first-order chi connectivity index (χ1) is 6.18. The maximum Gasteiger partial charge on any atom is 0.0515 e. The lowest BCUT2D eigenvalue weighted by Crippen LogP contribution is -2.36. The normalized spacial score (nSPS) is 24.4. The van der Waals surface area contributed by atoms with Crippen LogP contribution >= 0.6 is 0 Å². The van der Waals surface area contributed by atoms with Crippen molar-refractivity contribution in [2.45, 2.75) is 33.6 Å². The van der Waals surface area contributed by atoms with E-state index in [0.717, 1.165) is 19.0 Å². The van der Waals surface area contributed by atoms with Crippen molar-refractivity contribution in [3.63, 3.8) is 0 Å². The van der Waals surface area contributed by atoms with Crippen LogP contribution in [0.5, 0.6) is 0 Å². The third kappa shape index (κ3) is 4.41. The summed E-state index contributed by atoms with van der Waals surface area (Å²) in [6.07, 6.45) is 2.78. The average molecular weight is 182 g/mol. The molecule has 1 aliphatic heterocycles. The Morgan fingerprint density at radius 2 is 2.23 bits per heavy atom. The van der Waals surface area contributed by atoms with Crippen LogP contribution in [0.25, 0.3) is 0 Å². The molecule has 0 radical (unpaired) electrons. The van der Waals surface area contributed by atoms with Crippen molar-refractivity contribution in [1.29, 1.82) is 0 Å². The zero-order valence-corrected chi connectivity index (χ0v) is 9.21. The Balaban J connectivity index is 2.17. The van der Waals surface area contributed by atoms with Gasteiger partial charge >= 0.3 is 0 Å². The minimum Gasteiger partial charge on any atom is -0.301 e. The molecule has 0 aromatic rings. The summed E-state index contributed by atoms with van der Waals surface area (Å²) in [6.45, 7) is 11.2. The lowest BCUT2D eigenvalue weighted by Gasteiger charge is -2.30. The van der Waals surface area contributed by atoms with E-state index in [-0.39, 0.29) is 0 Å². The lowest BCUT2D eigenvalue weighted by molar-refractivity contribution is 0.189. The van der Waals surface area contributed by atoms with Crippen LogP contribution in [0.2, 0.25) is 0 Å². The van der Waals surface area contributed by atoms with Gasteiger partial charge in [-0.25, -0.2) is 0 Å². The van der Waals surface area contributed by atoms with Crippen molar-refractivity contribution in [2.75, 3.05) is 26.2 Å². The summed E-state index contributed by atoms with van der Waals surface area (Å²) in [7, 11) is 0. The van der Waals surface area contributed by atoms with Gasteiger partial charge in [0.1, 0.15) is 0 Å². The first-order valence-corrected chi connectivity index (χ1v) is 5.38. The molecule has 0 aromatic carbocycles. The fraction of sp³-hybridized carbons (Fsp3) is 0.909. The minimum atomic E-state index is 0.889. The van der Waals surface area contributed by atoms with Gasteiger partial charge in [-0.15, -0.1) is 0 Å². The van der Waals surface area contributed by atoms with E-state index in [9.17, 15) is 0 Å². The quantitative estimate of drug-likeness (QED) is 0.611. The molecule has 0 aliphatic carbocycles. The molecule has 0 amide bonds. The van der Waals surface area contributed by atoms with Crippen LogP contribution < -0.4 is 0 Å². The number of aliphatic imine (C=N–C) groups is 1. The number of rotatable bonds is 3. The average Bonchev–Trinajstić information content (AvgIpc) is 2.03. The van der Waals surface area contributed by atoms with Gasteiger partial charge in [0.25, 0.3) is 0 Å². The predicted octanol–water partition coefficient (Wildman–Crippen LogP) is 2.20. The van der Waals surface area contributed by atoms with Gasteiger partial charge in [0.15, 0.2) is 0 Å². The van der Waals surface area contributed by atoms with Crippen molar-refractivity contribution in [3.8, 4) is 0 Å². The van der Waals surface area contributed by atoms with Gasteiger partial charge in [0.05, 0.1) is 6.54 Å². The van der Waals surface area contributed by atoms with E-state index in [2.05, 4.69) is 30.7 Å². The maximum atomic E-state index is 4.42. The van der Waals surface area contributed by atoms with Gasteiger partial charge in [0, 0.05) is 18.8 Å². The monoisotopic (exact) mass is 182 g/mol. The van der Waals surface area contributed by atoms with Crippen molar-refractivity contribution >= 4 is 5.71 Å². The summed E-state index contributed by atoms with van der Waals surface area (Å²) in [6, 6.07) is 0. The van der Waals surface area contributed by atoms with Crippen LogP contribution in [0.1, 0.15) is 33.6 Å². The second-order valence-electron chi connectivity index (χ2n) is 4.38. The molecule has 0 bridgehead atoms. The van der Waals surface area contributed by atoms with Crippen LogP contribution in [-0.4, -0.2) is 36.8 Å². The van der Waals surface area contributed by atoms with E-state index in [1.807, 2.05) is 0 Å². The molecule has 0 aromatic heterocycles. The third-order valence-electron chi connectivity index (χ3n) is 2.59. The number of hydrogen-bond donors (Lipinski definition) is 0. The number of hydrogen-bond acceptors (Lipinski definition) is 2. The molecule has 0 saturated carbocycles. The molecule has 1 fully saturated rings. The zero-order chi connectivity index (χ0) is 9.68. The molecule has 0 spiro atoms. The molecular formula is C11H22N2. The van der Waals surface area contributed by atoms with E-state index in [1.54, 1.807) is 0 Å². The maximum absolute atomic E-state index is 4.42. The molecule has 1 heterocycles.